The van der Waals surface area contributed by atoms with Crippen LogP contribution in [0, 0.1) is 0 Å². The molecule has 0 saturated carbocycles. The van der Waals surface area contributed by atoms with Crippen LogP contribution in [0.4, 0.5) is 0 Å². The van der Waals surface area contributed by atoms with E-state index >= 15 is 0 Å². The summed E-state index contributed by atoms with van der Waals surface area (Å²) in [6, 6.07) is 10.6. The summed E-state index contributed by atoms with van der Waals surface area (Å²) in [4.78, 5) is 0. The van der Waals surface area contributed by atoms with Crippen LogP contribution in [0.2, 0.25) is 0 Å². The highest BCUT2D eigenvalue weighted by Gasteiger charge is 2.38. The second-order valence-electron chi connectivity index (χ2n) is 4.50. The molecule has 0 aliphatic carbocycles. The molecule has 0 radical (unpaired) electrons. The zero-order chi connectivity index (χ0) is 11.8. The topological polar surface area (TPSA) is 27.3 Å². The van der Waals surface area contributed by atoms with Crippen LogP contribution in [0.25, 0.3) is 0 Å². The Morgan fingerprint density at radius 3 is 2.38 bits per heavy atom. The summed E-state index contributed by atoms with van der Waals surface area (Å²) >= 11 is 5.32. The van der Waals surface area contributed by atoms with Crippen molar-refractivity contribution in [1.82, 2.24) is 15.8 Å². The van der Waals surface area contributed by atoms with Crippen LogP contribution in [0.3, 0.4) is 0 Å². The molecule has 1 atom stereocenters. The lowest BCUT2D eigenvalue weighted by Crippen LogP contribution is -2.47. The fraction of sp³-hybridized carbons (Fsp3) is 0.417. The molecular formula is C12H17N3S. The normalized spacial score (nSPS) is 25.0. The molecule has 16 heavy (non-hydrogen) atoms. The minimum absolute atomic E-state index is 0.303. The molecule has 1 heterocycles. The van der Waals surface area contributed by atoms with Crippen LogP contribution in [0.5, 0.6) is 0 Å². The molecule has 0 unspecified atom stereocenters. The van der Waals surface area contributed by atoms with E-state index in [0.29, 0.717) is 6.04 Å². The van der Waals surface area contributed by atoms with Crippen molar-refractivity contribution in [2.24, 2.45) is 0 Å². The van der Waals surface area contributed by atoms with Gasteiger partial charge in [0.1, 0.15) is 5.66 Å². The highest BCUT2D eigenvalue weighted by Crippen LogP contribution is 2.23. The van der Waals surface area contributed by atoms with E-state index in [2.05, 4.69) is 43.6 Å². The quantitative estimate of drug-likeness (QED) is 0.766. The van der Waals surface area contributed by atoms with Crippen LogP contribution < -0.4 is 10.7 Å². The second-order valence-corrected chi connectivity index (χ2v) is 4.88. The minimum Gasteiger partial charge on any atom is -0.338 e. The van der Waals surface area contributed by atoms with Gasteiger partial charge in [0.15, 0.2) is 5.11 Å². The maximum atomic E-state index is 5.32. The van der Waals surface area contributed by atoms with E-state index in [4.69, 9.17) is 12.2 Å². The molecule has 0 aromatic heterocycles. The third-order valence-corrected chi connectivity index (χ3v) is 3.09. The zero-order valence-electron chi connectivity index (χ0n) is 9.82. The first-order valence-electron chi connectivity index (χ1n) is 5.47. The van der Waals surface area contributed by atoms with Gasteiger partial charge in [0.25, 0.3) is 0 Å². The summed E-state index contributed by atoms with van der Waals surface area (Å²) in [5, 5.41) is 6.06. The van der Waals surface area contributed by atoms with Gasteiger partial charge < -0.3 is 5.32 Å². The smallest absolute Gasteiger partial charge is 0.185 e. The molecule has 1 aromatic carbocycles. The van der Waals surface area contributed by atoms with Crippen molar-refractivity contribution < 1.29 is 0 Å². The first-order valence-corrected chi connectivity index (χ1v) is 5.88. The average molecular weight is 235 g/mol. The van der Waals surface area contributed by atoms with Crippen molar-refractivity contribution in [1.29, 1.82) is 0 Å². The number of hydrogen-bond acceptors (Lipinski definition) is 2. The predicted molar refractivity (Wildman–Crippen MR) is 69.6 cm³/mol. The van der Waals surface area contributed by atoms with Gasteiger partial charge >= 0.3 is 0 Å². The maximum Gasteiger partial charge on any atom is 0.185 e. The Morgan fingerprint density at radius 1 is 1.25 bits per heavy atom. The molecule has 86 valence electrons. The number of hydrogen-bond donors (Lipinski definition) is 2. The highest BCUT2D eigenvalue weighted by atomic mass is 32.1. The van der Waals surface area contributed by atoms with Gasteiger partial charge in [-0.15, -0.1) is 0 Å². The molecule has 1 aliphatic rings. The first-order chi connectivity index (χ1) is 7.53. The van der Waals surface area contributed by atoms with E-state index in [-0.39, 0.29) is 5.66 Å². The van der Waals surface area contributed by atoms with Gasteiger partial charge in [0.2, 0.25) is 0 Å². The van der Waals surface area contributed by atoms with Crippen LogP contribution in [-0.4, -0.2) is 16.2 Å². The molecule has 1 aromatic rings. The molecule has 1 aliphatic heterocycles. The fourth-order valence-corrected chi connectivity index (χ4v) is 2.33. The third-order valence-electron chi connectivity index (χ3n) is 2.79. The lowest BCUT2D eigenvalue weighted by molar-refractivity contribution is 0.202. The van der Waals surface area contributed by atoms with E-state index in [0.717, 1.165) is 5.11 Å². The first kappa shape index (κ1) is 11.4. The Bertz CT molecular complexity index is 391. The minimum atomic E-state index is -0.303. The van der Waals surface area contributed by atoms with E-state index in [1.807, 2.05) is 23.2 Å². The Hall–Kier alpha value is -1.13. The lowest BCUT2D eigenvalue weighted by atomic mass is 10.0. The Kier molecular flexibility index (Phi) is 2.86. The van der Waals surface area contributed by atoms with E-state index in [1.54, 1.807) is 0 Å². The van der Waals surface area contributed by atoms with Crippen molar-refractivity contribution in [3.8, 4) is 0 Å². The van der Waals surface area contributed by atoms with Gasteiger partial charge in [0.05, 0.1) is 0 Å². The average Bonchev–Trinajstić information content (AvgIpc) is 2.57. The Balaban J connectivity index is 2.27. The fourth-order valence-electron chi connectivity index (χ4n) is 1.87. The van der Waals surface area contributed by atoms with Crippen LogP contribution in [0.1, 0.15) is 26.3 Å². The van der Waals surface area contributed by atoms with Crippen molar-refractivity contribution in [2.45, 2.75) is 32.5 Å². The van der Waals surface area contributed by atoms with Crippen molar-refractivity contribution in [3.05, 3.63) is 35.9 Å². The summed E-state index contributed by atoms with van der Waals surface area (Å²) < 4.78 is 0. The summed E-state index contributed by atoms with van der Waals surface area (Å²) in [5.41, 5.74) is 4.29. The van der Waals surface area contributed by atoms with Crippen LogP contribution in [-0.2, 0) is 5.66 Å². The van der Waals surface area contributed by atoms with E-state index in [1.165, 1.54) is 5.56 Å². The van der Waals surface area contributed by atoms with Crippen LogP contribution in [0.15, 0.2) is 30.3 Å². The standard InChI is InChI=1S/C12H17N3S/c1-9(2)15-11(16)13-12(3,14-15)10-7-5-4-6-8-10/h4-9,14H,1-3H3,(H,13,16)/t12-/m1/s1. The molecule has 1 fully saturated rings. The molecular weight excluding hydrogens is 218 g/mol. The Labute approximate surface area is 102 Å². The lowest BCUT2D eigenvalue weighted by Gasteiger charge is -2.27. The number of nitrogens with one attached hydrogen (secondary N) is 2. The second kappa shape index (κ2) is 4.03. The van der Waals surface area contributed by atoms with Gasteiger partial charge in [-0.05, 0) is 38.6 Å². The summed E-state index contributed by atoms with van der Waals surface area (Å²) in [5.74, 6) is 0. The Morgan fingerprint density at radius 2 is 1.88 bits per heavy atom. The number of rotatable bonds is 2. The van der Waals surface area contributed by atoms with Crippen molar-refractivity contribution >= 4 is 17.3 Å². The predicted octanol–water partition coefficient (Wildman–Crippen LogP) is 1.96. The molecule has 3 nitrogen and oxygen atoms in total. The van der Waals surface area contributed by atoms with Gasteiger partial charge in [-0.3, -0.25) is 5.01 Å². The number of hydrazine groups is 1. The van der Waals surface area contributed by atoms with Crippen molar-refractivity contribution in [2.75, 3.05) is 0 Å². The number of thiocarbonyl (C=S) groups is 1. The number of benzene rings is 1. The zero-order valence-corrected chi connectivity index (χ0v) is 10.6. The van der Waals surface area contributed by atoms with Gasteiger partial charge in [-0.1, -0.05) is 30.3 Å². The van der Waals surface area contributed by atoms with Crippen LogP contribution >= 0.6 is 12.2 Å². The summed E-state index contributed by atoms with van der Waals surface area (Å²) in [6.07, 6.45) is 0. The van der Waals surface area contributed by atoms with E-state index in [9.17, 15) is 0 Å². The van der Waals surface area contributed by atoms with Gasteiger partial charge in [-0.25, -0.2) is 5.43 Å². The molecule has 2 rings (SSSR count). The summed E-state index contributed by atoms with van der Waals surface area (Å²) in [7, 11) is 0. The maximum absolute atomic E-state index is 5.32. The molecule has 2 N–H and O–H groups in total. The summed E-state index contributed by atoms with van der Waals surface area (Å²) in [6.45, 7) is 6.31. The number of nitrogens with zero attached hydrogens (tertiary/aromatic N) is 1. The third kappa shape index (κ3) is 1.90. The van der Waals surface area contributed by atoms with Crippen molar-refractivity contribution in [3.63, 3.8) is 0 Å². The molecule has 1 saturated heterocycles. The highest BCUT2D eigenvalue weighted by molar-refractivity contribution is 7.80. The SMILES string of the molecule is CC(C)N1N[C@](C)(c2ccccc2)NC1=S. The van der Waals surface area contributed by atoms with Gasteiger partial charge in [-0.2, -0.15) is 0 Å². The molecule has 4 heteroatoms. The largest absolute Gasteiger partial charge is 0.338 e. The molecule has 0 bridgehead atoms. The monoisotopic (exact) mass is 235 g/mol. The molecule has 0 spiro atoms. The molecule has 0 amide bonds. The van der Waals surface area contributed by atoms with Gasteiger partial charge in [0, 0.05) is 6.04 Å². The van der Waals surface area contributed by atoms with E-state index < -0.39 is 0 Å².